The van der Waals surface area contributed by atoms with Crippen molar-refractivity contribution < 1.29 is 17.9 Å². The molecule has 2 rings (SSSR count). The highest BCUT2D eigenvalue weighted by molar-refractivity contribution is 9.10. The molecule has 3 nitrogen and oxygen atoms in total. The number of sulfone groups is 1. The van der Waals surface area contributed by atoms with Crippen LogP contribution < -0.4 is 0 Å². The van der Waals surface area contributed by atoms with E-state index < -0.39 is 22.1 Å². The number of aliphatic hydroxyl groups is 1. The van der Waals surface area contributed by atoms with Crippen LogP contribution >= 0.6 is 15.9 Å². The Balaban J connectivity index is 2.75. The Hall–Kier alpha value is -0.460. The first kappa shape index (κ1) is 12.0. The summed E-state index contributed by atoms with van der Waals surface area (Å²) in [6.45, 7) is 0. The van der Waals surface area contributed by atoms with Crippen LogP contribution in [0, 0.1) is 0 Å². The average molecular weight is 309 g/mol. The van der Waals surface area contributed by atoms with Gasteiger partial charge in [0.05, 0.1) is 4.90 Å². The number of hydrogen-bond donors (Lipinski definition) is 1. The van der Waals surface area contributed by atoms with Gasteiger partial charge in [-0.25, -0.2) is 12.8 Å². The maximum absolute atomic E-state index is 13.4. The Kier molecular flexibility index (Phi) is 2.84. The highest BCUT2D eigenvalue weighted by atomic mass is 79.9. The van der Waals surface area contributed by atoms with Crippen molar-refractivity contribution in [2.45, 2.75) is 23.6 Å². The number of hydrogen-bond acceptors (Lipinski definition) is 3. The summed E-state index contributed by atoms with van der Waals surface area (Å²) in [4.78, 5) is 0.0124. The van der Waals surface area contributed by atoms with E-state index in [2.05, 4.69) is 15.9 Å². The zero-order valence-corrected chi connectivity index (χ0v) is 10.8. The van der Waals surface area contributed by atoms with E-state index in [1.807, 2.05) is 0 Å². The van der Waals surface area contributed by atoms with Gasteiger partial charge in [0, 0.05) is 22.7 Å². The molecule has 1 aliphatic carbocycles. The van der Waals surface area contributed by atoms with Crippen LogP contribution in [0.4, 0.5) is 4.39 Å². The second kappa shape index (κ2) is 3.78. The second-order valence-electron chi connectivity index (χ2n) is 3.87. The topological polar surface area (TPSA) is 54.4 Å². The van der Waals surface area contributed by atoms with E-state index in [0.717, 1.165) is 6.26 Å². The maximum Gasteiger partial charge on any atom is 0.175 e. The third-order valence-electron chi connectivity index (χ3n) is 2.70. The Bertz CT molecular complexity index is 541. The van der Waals surface area contributed by atoms with E-state index in [0.29, 0.717) is 10.0 Å². The molecule has 0 fully saturated rings. The fourth-order valence-electron chi connectivity index (χ4n) is 1.96. The zero-order chi connectivity index (χ0) is 12.1. The summed E-state index contributed by atoms with van der Waals surface area (Å²) in [5.41, 5.74) is 0.743. The molecule has 0 saturated carbocycles. The molecule has 2 atom stereocenters. The number of benzene rings is 1. The first-order valence-electron chi connectivity index (χ1n) is 4.66. The molecule has 16 heavy (non-hydrogen) atoms. The first-order valence-corrected chi connectivity index (χ1v) is 7.34. The van der Waals surface area contributed by atoms with E-state index >= 15 is 0 Å². The van der Waals surface area contributed by atoms with Gasteiger partial charge in [-0.05, 0) is 17.7 Å². The van der Waals surface area contributed by atoms with Crippen molar-refractivity contribution in [3.05, 3.63) is 27.7 Å². The minimum Gasteiger partial charge on any atom is -0.385 e. The highest BCUT2D eigenvalue weighted by Gasteiger charge is 2.36. The van der Waals surface area contributed by atoms with E-state index in [4.69, 9.17) is 0 Å². The zero-order valence-electron chi connectivity index (χ0n) is 8.44. The molecule has 0 heterocycles. The molecule has 1 aromatic carbocycles. The van der Waals surface area contributed by atoms with Crippen LogP contribution in [0.5, 0.6) is 0 Å². The predicted octanol–water partition coefficient (Wildman–Crippen LogP) is 1.78. The molecular formula is C10H10BrFO3S. The molecule has 1 aliphatic rings. The van der Waals surface area contributed by atoms with Gasteiger partial charge >= 0.3 is 0 Å². The lowest BCUT2D eigenvalue weighted by molar-refractivity contribution is 0.0907. The lowest BCUT2D eigenvalue weighted by Crippen LogP contribution is -2.10. The van der Waals surface area contributed by atoms with Crippen molar-refractivity contribution in [2.24, 2.45) is 0 Å². The third kappa shape index (κ3) is 1.78. The Morgan fingerprint density at radius 3 is 2.69 bits per heavy atom. The van der Waals surface area contributed by atoms with Gasteiger partial charge in [0.1, 0.15) is 12.3 Å². The molecule has 1 N–H and O–H groups in total. The Labute approximate surface area is 101 Å². The van der Waals surface area contributed by atoms with E-state index in [-0.39, 0.29) is 16.9 Å². The number of rotatable bonds is 1. The molecule has 0 saturated heterocycles. The normalized spacial score (nSPS) is 24.5. The molecular weight excluding hydrogens is 299 g/mol. The fourth-order valence-corrected chi connectivity index (χ4v) is 3.43. The monoisotopic (exact) mass is 308 g/mol. The summed E-state index contributed by atoms with van der Waals surface area (Å²) in [5, 5.41) is 9.66. The van der Waals surface area contributed by atoms with Crippen LogP contribution in [0.3, 0.4) is 0 Å². The molecule has 0 radical (unpaired) electrons. The summed E-state index contributed by atoms with van der Waals surface area (Å²) in [7, 11) is -3.45. The van der Waals surface area contributed by atoms with Crippen LogP contribution in [-0.4, -0.2) is 26.0 Å². The number of aliphatic hydroxyl groups excluding tert-OH is 1. The van der Waals surface area contributed by atoms with Gasteiger partial charge in [-0.1, -0.05) is 15.9 Å². The Morgan fingerprint density at radius 2 is 2.12 bits per heavy atom. The molecule has 0 amide bonds. The van der Waals surface area contributed by atoms with Gasteiger partial charge in [-0.3, -0.25) is 0 Å². The van der Waals surface area contributed by atoms with Crippen LogP contribution in [0.1, 0.15) is 17.2 Å². The standard InChI is InChI=1S/C10H10BrFO3S/c1-16(14,15)8-3-2-6(11)5-4-7(12)10(13)9(5)8/h2-3,7,10,13H,4H2,1H3/t7-,10+/m0/s1. The van der Waals surface area contributed by atoms with Gasteiger partial charge in [-0.15, -0.1) is 0 Å². The van der Waals surface area contributed by atoms with Gasteiger partial charge in [0.2, 0.25) is 0 Å². The van der Waals surface area contributed by atoms with Crippen LogP contribution in [0.15, 0.2) is 21.5 Å². The minimum atomic E-state index is -3.45. The van der Waals surface area contributed by atoms with E-state index in [9.17, 15) is 17.9 Å². The summed E-state index contributed by atoms with van der Waals surface area (Å²) in [6.07, 6.45) is -1.69. The molecule has 0 aliphatic heterocycles. The molecule has 88 valence electrons. The van der Waals surface area contributed by atoms with Crippen LogP contribution in [-0.2, 0) is 16.3 Å². The number of halogens is 2. The molecule has 6 heteroatoms. The summed E-state index contributed by atoms with van der Waals surface area (Å²) < 4.78 is 37.0. The predicted molar refractivity (Wildman–Crippen MR) is 60.8 cm³/mol. The molecule has 0 spiro atoms. The summed E-state index contributed by atoms with van der Waals surface area (Å²) in [5.74, 6) is 0. The lowest BCUT2D eigenvalue weighted by Gasteiger charge is -2.11. The van der Waals surface area contributed by atoms with Gasteiger partial charge in [0.15, 0.2) is 9.84 Å². The van der Waals surface area contributed by atoms with Crippen molar-refractivity contribution >= 4 is 25.8 Å². The highest BCUT2D eigenvalue weighted by Crippen LogP contribution is 2.41. The van der Waals surface area contributed by atoms with E-state index in [1.165, 1.54) is 6.07 Å². The van der Waals surface area contributed by atoms with Crippen molar-refractivity contribution in [1.82, 2.24) is 0 Å². The largest absolute Gasteiger partial charge is 0.385 e. The average Bonchev–Trinajstić information content (AvgIpc) is 2.44. The fraction of sp³-hybridized carbons (Fsp3) is 0.400. The third-order valence-corrected chi connectivity index (χ3v) is 4.59. The minimum absolute atomic E-state index is 0.0124. The van der Waals surface area contributed by atoms with Crippen molar-refractivity contribution in [3.63, 3.8) is 0 Å². The number of fused-ring (bicyclic) bond motifs is 1. The molecule has 0 aromatic heterocycles. The van der Waals surface area contributed by atoms with Crippen molar-refractivity contribution in [3.8, 4) is 0 Å². The van der Waals surface area contributed by atoms with Crippen LogP contribution in [0.2, 0.25) is 0 Å². The van der Waals surface area contributed by atoms with Gasteiger partial charge < -0.3 is 5.11 Å². The first-order chi connectivity index (χ1) is 7.32. The van der Waals surface area contributed by atoms with Gasteiger partial charge in [0.25, 0.3) is 0 Å². The van der Waals surface area contributed by atoms with E-state index in [1.54, 1.807) is 6.07 Å². The van der Waals surface area contributed by atoms with Crippen molar-refractivity contribution in [2.75, 3.05) is 6.26 Å². The van der Waals surface area contributed by atoms with Gasteiger partial charge in [-0.2, -0.15) is 0 Å². The molecule has 0 unspecified atom stereocenters. The smallest absolute Gasteiger partial charge is 0.175 e. The SMILES string of the molecule is CS(=O)(=O)c1ccc(Br)c2c1[C@H](O)[C@@H](F)C2. The molecule has 0 bridgehead atoms. The lowest BCUT2D eigenvalue weighted by atomic mass is 10.1. The summed E-state index contributed by atoms with van der Waals surface area (Å²) in [6, 6.07) is 2.96. The molecule has 1 aromatic rings. The van der Waals surface area contributed by atoms with Crippen LogP contribution in [0.25, 0.3) is 0 Å². The summed E-state index contributed by atoms with van der Waals surface area (Å²) >= 11 is 3.23. The quantitative estimate of drug-likeness (QED) is 0.860. The number of alkyl halides is 1. The maximum atomic E-state index is 13.4. The second-order valence-corrected chi connectivity index (χ2v) is 6.71. The van der Waals surface area contributed by atoms with Crippen molar-refractivity contribution in [1.29, 1.82) is 0 Å². The Morgan fingerprint density at radius 1 is 1.50 bits per heavy atom.